The number of rotatable bonds is 9. The molecule has 0 bridgehead atoms. The summed E-state index contributed by atoms with van der Waals surface area (Å²) in [6, 6.07) is 9.53. The highest BCUT2D eigenvalue weighted by atomic mass is 35.5. The third-order valence-corrected chi connectivity index (χ3v) is 5.78. The molecule has 31 heavy (non-hydrogen) atoms. The lowest BCUT2D eigenvalue weighted by Gasteiger charge is -2.21. The summed E-state index contributed by atoms with van der Waals surface area (Å²) >= 11 is 7.39. The number of amides is 1. The van der Waals surface area contributed by atoms with Crippen molar-refractivity contribution in [2.24, 2.45) is 0 Å². The average molecular weight is 463 g/mol. The number of carbonyl (C=O) groups is 1. The van der Waals surface area contributed by atoms with Crippen LogP contribution in [0.15, 0.2) is 36.4 Å². The summed E-state index contributed by atoms with van der Waals surface area (Å²) in [6.07, 6.45) is 0.674. The minimum absolute atomic E-state index is 0.0587. The maximum atomic E-state index is 13.4. The highest BCUT2D eigenvalue weighted by Gasteiger charge is 2.28. The summed E-state index contributed by atoms with van der Waals surface area (Å²) in [5, 5.41) is 12.2. The van der Waals surface area contributed by atoms with Crippen molar-refractivity contribution in [3.8, 4) is 5.75 Å². The topological polar surface area (TPSA) is 88.8 Å². The number of hydrogen-bond acceptors (Lipinski definition) is 7. The number of aromatic nitrogens is 1. The Kier molecular flexibility index (Phi) is 7.42. The van der Waals surface area contributed by atoms with Gasteiger partial charge in [0.25, 0.3) is 11.6 Å². The van der Waals surface area contributed by atoms with Gasteiger partial charge in [-0.3, -0.25) is 19.8 Å². The van der Waals surface area contributed by atoms with Crippen LogP contribution in [-0.2, 0) is 0 Å². The van der Waals surface area contributed by atoms with Gasteiger partial charge in [-0.25, -0.2) is 4.98 Å². The third-order valence-electron chi connectivity index (χ3n) is 4.51. The summed E-state index contributed by atoms with van der Waals surface area (Å²) in [7, 11) is 3.89. The Morgan fingerprint density at radius 3 is 2.68 bits per heavy atom. The van der Waals surface area contributed by atoms with Crippen LogP contribution in [0.3, 0.4) is 0 Å². The molecule has 0 N–H and O–H groups in total. The number of carbonyl (C=O) groups excluding carboxylic acids is 1. The van der Waals surface area contributed by atoms with E-state index in [1.807, 2.05) is 44.1 Å². The van der Waals surface area contributed by atoms with Crippen molar-refractivity contribution in [3.05, 3.63) is 57.1 Å². The molecule has 164 valence electrons. The van der Waals surface area contributed by atoms with Crippen LogP contribution in [0.4, 0.5) is 10.8 Å². The molecule has 1 amide bonds. The summed E-state index contributed by atoms with van der Waals surface area (Å²) in [5.74, 6) is 0.221. The van der Waals surface area contributed by atoms with E-state index in [2.05, 4.69) is 4.98 Å². The predicted molar refractivity (Wildman–Crippen MR) is 124 cm³/mol. The van der Waals surface area contributed by atoms with Crippen molar-refractivity contribution in [1.82, 2.24) is 9.88 Å². The van der Waals surface area contributed by atoms with Crippen LogP contribution in [0.1, 0.15) is 23.7 Å². The molecule has 8 nitrogen and oxygen atoms in total. The van der Waals surface area contributed by atoms with Crippen LogP contribution in [0, 0.1) is 10.1 Å². The number of nitro groups is 1. The molecule has 0 unspecified atom stereocenters. The van der Waals surface area contributed by atoms with E-state index >= 15 is 0 Å². The summed E-state index contributed by atoms with van der Waals surface area (Å²) in [5.41, 5.74) is 0.387. The molecule has 10 heteroatoms. The van der Waals surface area contributed by atoms with Gasteiger partial charge in [0.1, 0.15) is 11.3 Å². The monoisotopic (exact) mass is 462 g/mol. The first kappa shape index (κ1) is 22.9. The van der Waals surface area contributed by atoms with Crippen LogP contribution in [0.2, 0.25) is 5.02 Å². The zero-order valence-corrected chi connectivity index (χ0v) is 19.1. The fourth-order valence-corrected chi connectivity index (χ4v) is 4.27. The van der Waals surface area contributed by atoms with Gasteiger partial charge in [-0.05, 0) is 64.3 Å². The largest absolute Gasteiger partial charge is 0.494 e. The quantitative estimate of drug-likeness (QED) is 0.333. The van der Waals surface area contributed by atoms with E-state index in [1.165, 1.54) is 34.4 Å². The van der Waals surface area contributed by atoms with Crippen molar-refractivity contribution in [2.75, 3.05) is 38.7 Å². The Morgan fingerprint density at radius 1 is 1.23 bits per heavy atom. The lowest BCUT2D eigenvalue weighted by molar-refractivity contribution is -0.385. The molecule has 0 aliphatic rings. The highest BCUT2D eigenvalue weighted by Crippen LogP contribution is 2.33. The number of benzene rings is 2. The van der Waals surface area contributed by atoms with Crippen molar-refractivity contribution >= 4 is 49.9 Å². The van der Waals surface area contributed by atoms with Gasteiger partial charge in [-0.1, -0.05) is 22.9 Å². The number of hydrogen-bond donors (Lipinski definition) is 0. The van der Waals surface area contributed by atoms with Crippen molar-refractivity contribution in [2.45, 2.75) is 13.3 Å². The van der Waals surface area contributed by atoms with Gasteiger partial charge in [0.05, 0.1) is 21.7 Å². The summed E-state index contributed by atoms with van der Waals surface area (Å²) in [4.78, 5) is 32.5. The second-order valence-electron chi connectivity index (χ2n) is 7.09. The number of thiazole rings is 1. The van der Waals surface area contributed by atoms with E-state index in [0.717, 1.165) is 22.5 Å². The summed E-state index contributed by atoms with van der Waals surface area (Å²) < 4.78 is 6.42. The minimum Gasteiger partial charge on any atom is -0.494 e. The first-order valence-corrected chi connectivity index (χ1v) is 10.9. The Labute approximate surface area is 189 Å². The molecule has 0 aliphatic heterocycles. The molecule has 0 saturated carbocycles. The molecule has 1 heterocycles. The molecule has 0 atom stereocenters. The van der Waals surface area contributed by atoms with Gasteiger partial charge in [-0.2, -0.15) is 0 Å². The maximum absolute atomic E-state index is 13.4. The van der Waals surface area contributed by atoms with Crippen LogP contribution in [0.5, 0.6) is 5.75 Å². The van der Waals surface area contributed by atoms with Gasteiger partial charge < -0.3 is 9.64 Å². The number of anilines is 1. The van der Waals surface area contributed by atoms with Crippen LogP contribution in [-0.4, -0.2) is 54.5 Å². The van der Waals surface area contributed by atoms with Crippen LogP contribution < -0.4 is 9.64 Å². The zero-order chi connectivity index (χ0) is 22.5. The molecule has 3 rings (SSSR count). The van der Waals surface area contributed by atoms with E-state index < -0.39 is 10.8 Å². The average Bonchev–Trinajstić information content (AvgIpc) is 3.13. The van der Waals surface area contributed by atoms with Gasteiger partial charge in [0.15, 0.2) is 5.13 Å². The standard InChI is InChI=1S/C21H23ClN4O4S/c1-4-30-15-7-8-17-19(13-15)31-21(23-17)25(11-5-10-24(2)3)20(27)16-12-14(22)6-9-18(16)26(28)29/h6-9,12-13H,4-5,10-11H2,1-3H3. The zero-order valence-electron chi connectivity index (χ0n) is 17.5. The molecule has 0 fully saturated rings. The highest BCUT2D eigenvalue weighted by molar-refractivity contribution is 7.22. The molecular formula is C21H23ClN4O4S. The minimum atomic E-state index is -0.575. The molecule has 0 saturated heterocycles. The second-order valence-corrected chi connectivity index (χ2v) is 8.54. The van der Waals surface area contributed by atoms with Gasteiger partial charge in [-0.15, -0.1) is 0 Å². The van der Waals surface area contributed by atoms with E-state index in [0.29, 0.717) is 24.7 Å². The number of fused-ring (bicyclic) bond motifs is 1. The summed E-state index contributed by atoms with van der Waals surface area (Å²) in [6.45, 7) is 3.57. The van der Waals surface area contributed by atoms with Gasteiger partial charge in [0, 0.05) is 17.6 Å². The molecule has 0 radical (unpaired) electrons. The lowest BCUT2D eigenvalue weighted by atomic mass is 10.1. The van der Waals surface area contributed by atoms with Gasteiger partial charge in [0.2, 0.25) is 0 Å². The Bertz CT molecular complexity index is 1100. The maximum Gasteiger partial charge on any atom is 0.282 e. The fraction of sp³-hybridized carbons (Fsp3) is 0.333. The Morgan fingerprint density at radius 2 is 2.00 bits per heavy atom. The second kappa shape index (κ2) is 10.0. The lowest BCUT2D eigenvalue weighted by Crippen LogP contribution is -2.33. The molecule has 1 aromatic heterocycles. The van der Waals surface area contributed by atoms with E-state index in [-0.39, 0.29) is 16.3 Å². The normalized spacial score (nSPS) is 11.1. The SMILES string of the molecule is CCOc1ccc2nc(N(CCCN(C)C)C(=O)c3cc(Cl)ccc3[N+](=O)[O-])sc2c1. The van der Waals surface area contributed by atoms with E-state index in [9.17, 15) is 14.9 Å². The van der Waals surface area contributed by atoms with E-state index in [1.54, 1.807) is 0 Å². The van der Waals surface area contributed by atoms with Crippen molar-refractivity contribution in [3.63, 3.8) is 0 Å². The predicted octanol–water partition coefficient (Wildman–Crippen LogP) is 4.86. The Balaban J connectivity index is 2.02. The fourth-order valence-electron chi connectivity index (χ4n) is 3.08. The molecular weight excluding hydrogens is 440 g/mol. The molecule has 0 spiro atoms. The van der Waals surface area contributed by atoms with Gasteiger partial charge >= 0.3 is 0 Å². The first-order chi connectivity index (χ1) is 14.8. The number of nitro benzene ring substituents is 1. The molecule has 3 aromatic rings. The Hall–Kier alpha value is -2.75. The number of halogens is 1. The van der Waals surface area contributed by atoms with E-state index in [4.69, 9.17) is 16.3 Å². The first-order valence-electron chi connectivity index (χ1n) is 9.74. The molecule has 2 aromatic carbocycles. The van der Waals surface area contributed by atoms with Crippen LogP contribution >= 0.6 is 22.9 Å². The number of nitrogens with zero attached hydrogens (tertiary/aromatic N) is 4. The smallest absolute Gasteiger partial charge is 0.282 e. The van der Waals surface area contributed by atoms with Crippen LogP contribution in [0.25, 0.3) is 10.2 Å². The number of ether oxygens (including phenoxy) is 1. The molecule has 0 aliphatic carbocycles. The van der Waals surface area contributed by atoms with Crippen molar-refractivity contribution in [1.29, 1.82) is 0 Å². The third kappa shape index (κ3) is 5.49. The van der Waals surface area contributed by atoms with Crippen molar-refractivity contribution < 1.29 is 14.5 Å².